The van der Waals surface area contributed by atoms with Crippen LogP contribution in [-0.4, -0.2) is 28.7 Å². The molecule has 120 valence electrons. The first-order valence-corrected chi connectivity index (χ1v) is 8.48. The van der Waals surface area contributed by atoms with Crippen LogP contribution in [-0.2, 0) is 21.3 Å². The van der Waals surface area contributed by atoms with E-state index in [1.807, 2.05) is 19.9 Å². The van der Waals surface area contributed by atoms with Crippen molar-refractivity contribution in [1.29, 1.82) is 0 Å². The van der Waals surface area contributed by atoms with E-state index in [9.17, 15) is 8.42 Å². The number of hydrogen-bond donors (Lipinski definition) is 2. The summed E-state index contributed by atoms with van der Waals surface area (Å²) in [5, 5.41) is 0. The minimum Gasteiger partial charge on any atom is -0.385 e. The maximum Gasteiger partial charge on any atom is 0.240 e. The average molecular weight is 314 g/mol. The Morgan fingerprint density at radius 3 is 2.57 bits per heavy atom. The summed E-state index contributed by atoms with van der Waals surface area (Å²) in [6, 6.07) is 5.27. The van der Waals surface area contributed by atoms with Crippen molar-refractivity contribution >= 4 is 10.0 Å². The molecule has 5 nitrogen and oxygen atoms in total. The molecule has 1 aromatic rings. The SMILES string of the molecule is COCCC(C)(C)CNS(=O)(=O)c1cc(CN)ccc1C. The highest BCUT2D eigenvalue weighted by Crippen LogP contribution is 2.21. The molecule has 0 bridgehead atoms. The van der Waals surface area contributed by atoms with Crippen molar-refractivity contribution in [1.82, 2.24) is 4.72 Å². The molecule has 1 aromatic carbocycles. The fourth-order valence-electron chi connectivity index (χ4n) is 1.90. The highest BCUT2D eigenvalue weighted by molar-refractivity contribution is 7.89. The van der Waals surface area contributed by atoms with Crippen molar-refractivity contribution in [2.45, 2.75) is 38.6 Å². The van der Waals surface area contributed by atoms with Crippen molar-refractivity contribution in [3.8, 4) is 0 Å². The number of methoxy groups -OCH3 is 1. The van der Waals surface area contributed by atoms with Gasteiger partial charge in [0, 0.05) is 26.8 Å². The molecule has 0 atom stereocenters. The molecule has 0 radical (unpaired) electrons. The summed E-state index contributed by atoms with van der Waals surface area (Å²) < 4.78 is 32.7. The number of benzene rings is 1. The molecule has 0 saturated carbocycles. The zero-order valence-corrected chi connectivity index (χ0v) is 14.1. The van der Waals surface area contributed by atoms with Crippen LogP contribution in [0.25, 0.3) is 0 Å². The molecule has 0 aliphatic rings. The number of sulfonamides is 1. The number of rotatable bonds is 8. The zero-order chi connectivity index (χ0) is 16.1. The van der Waals surface area contributed by atoms with Gasteiger partial charge in [-0.05, 0) is 36.0 Å². The average Bonchev–Trinajstić information content (AvgIpc) is 2.44. The second-order valence-electron chi connectivity index (χ2n) is 6.04. The molecule has 0 heterocycles. The van der Waals surface area contributed by atoms with E-state index in [1.54, 1.807) is 26.2 Å². The van der Waals surface area contributed by atoms with Crippen LogP contribution < -0.4 is 10.5 Å². The number of nitrogens with one attached hydrogen (secondary N) is 1. The molecule has 6 heteroatoms. The molecular formula is C15H26N2O3S. The van der Waals surface area contributed by atoms with E-state index < -0.39 is 10.0 Å². The minimum atomic E-state index is -3.53. The maximum atomic E-state index is 12.5. The molecular weight excluding hydrogens is 288 g/mol. The molecule has 1 rings (SSSR count). The maximum absolute atomic E-state index is 12.5. The van der Waals surface area contributed by atoms with Crippen molar-refractivity contribution < 1.29 is 13.2 Å². The van der Waals surface area contributed by atoms with Crippen LogP contribution in [0.2, 0.25) is 0 Å². The van der Waals surface area contributed by atoms with Gasteiger partial charge in [0.15, 0.2) is 0 Å². The van der Waals surface area contributed by atoms with Crippen LogP contribution in [0.1, 0.15) is 31.4 Å². The van der Waals surface area contributed by atoms with Gasteiger partial charge in [-0.3, -0.25) is 0 Å². The third-order valence-electron chi connectivity index (χ3n) is 3.50. The van der Waals surface area contributed by atoms with Gasteiger partial charge in [0.05, 0.1) is 4.90 Å². The second-order valence-corrected chi connectivity index (χ2v) is 7.77. The highest BCUT2D eigenvalue weighted by Gasteiger charge is 2.23. The molecule has 0 saturated heterocycles. The zero-order valence-electron chi connectivity index (χ0n) is 13.3. The molecule has 0 unspecified atom stereocenters. The Morgan fingerprint density at radius 2 is 2.00 bits per heavy atom. The van der Waals surface area contributed by atoms with Crippen LogP contribution in [0.15, 0.2) is 23.1 Å². The van der Waals surface area contributed by atoms with Crippen molar-refractivity contribution in [2.75, 3.05) is 20.3 Å². The summed E-state index contributed by atoms with van der Waals surface area (Å²) >= 11 is 0. The van der Waals surface area contributed by atoms with E-state index >= 15 is 0 Å². The highest BCUT2D eigenvalue weighted by atomic mass is 32.2. The van der Waals surface area contributed by atoms with Gasteiger partial charge in [0.2, 0.25) is 10.0 Å². The lowest BCUT2D eigenvalue weighted by Crippen LogP contribution is -2.35. The van der Waals surface area contributed by atoms with E-state index in [0.717, 1.165) is 17.5 Å². The Bertz CT molecular complexity index is 568. The van der Waals surface area contributed by atoms with Crippen molar-refractivity contribution in [3.63, 3.8) is 0 Å². The normalized spacial score (nSPS) is 12.6. The van der Waals surface area contributed by atoms with Gasteiger partial charge in [-0.1, -0.05) is 26.0 Å². The third-order valence-corrected chi connectivity index (χ3v) is 5.04. The third kappa shape index (κ3) is 5.39. The lowest BCUT2D eigenvalue weighted by Gasteiger charge is -2.24. The lowest BCUT2D eigenvalue weighted by molar-refractivity contribution is 0.153. The van der Waals surface area contributed by atoms with E-state index in [0.29, 0.717) is 24.6 Å². The molecule has 0 spiro atoms. The predicted molar refractivity (Wildman–Crippen MR) is 84.5 cm³/mol. The van der Waals surface area contributed by atoms with E-state index in [-0.39, 0.29) is 5.41 Å². The van der Waals surface area contributed by atoms with Crippen LogP contribution in [0, 0.1) is 12.3 Å². The van der Waals surface area contributed by atoms with Crippen LogP contribution >= 0.6 is 0 Å². The fourth-order valence-corrected chi connectivity index (χ4v) is 3.43. The summed E-state index contributed by atoms with van der Waals surface area (Å²) in [6.45, 7) is 7.10. The van der Waals surface area contributed by atoms with E-state index in [1.165, 1.54) is 0 Å². The smallest absolute Gasteiger partial charge is 0.240 e. The van der Waals surface area contributed by atoms with Crippen LogP contribution in [0.4, 0.5) is 0 Å². The van der Waals surface area contributed by atoms with Gasteiger partial charge >= 0.3 is 0 Å². The predicted octanol–water partition coefficient (Wildman–Crippen LogP) is 1.79. The van der Waals surface area contributed by atoms with E-state index in [2.05, 4.69) is 4.72 Å². The molecule has 0 fully saturated rings. The number of nitrogens with two attached hydrogens (primary N) is 1. The van der Waals surface area contributed by atoms with Crippen molar-refractivity contribution in [2.24, 2.45) is 11.1 Å². The topological polar surface area (TPSA) is 81.4 Å². The van der Waals surface area contributed by atoms with Gasteiger partial charge in [-0.2, -0.15) is 0 Å². The van der Waals surface area contributed by atoms with Crippen molar-refractivity contribution in [3.05, 3.63) is 29.3 Å². The van der Waals surface area contributed by atoms with Gasteiger partial charge < -0.3 is 10.5 Å². The second kappa shape index (κ2) is 7.35. The molecule has 21 heavy (non-hydrogen) atoms. The monoisotopic (exact) mass is 314 g/mol. The number of hydrogen-bond acceptors (Lipinski definition) is 4. The first-order chi connectivity index (χ1) is 9.72. The molecule has 3 N–H and O–H groups in total. The Kier molecular flexibility index (Phi) is 6.34. The van der Waals surface area contributed by atoms with E-state index in [4.69, 9.17) is 10.5 Å². The standard InChI is InChI=1S/C15H26N2O3S/c1-12-5-6-13(10-16)9-14(12)21(18,19)17-11-15(2,3)7-8-20-4/h5-6,9,17H,7-8,10-11,16H2,1-4H3. The lowest BCUT2D eigenvalue weighted by atomic mass is 9.90. The molecule has 0 amide bonds. The van der Waals surface area contributed by atoms with Gasteiger partial charge in [0.25, 0.3) is 0 Å². The summed E-state index contributed by atoms with van der Waals surface area (Å²) in [6.07, 6.45) is 0.786. The first-order valence-electron chi connectivity index (χ1n) is 7.00. The van der Waals surface area contributed by atoms with Crippen LogP contribution in [0.3, 0.4) is 0 Å². The quantitative estimate of drug-likeness (QED) is 0.766. The van der Waals surface area contributed by atoms with Gasteiger partial charge in [-0.15, -0.1) is 0 Å². The number of aryl methyl sites for hydroxylation is 1. The molecule has 0 aliphatic carbocycles. The summed E-state index contributed by atoms with van der Waals surface area (Å²) in [7, 11) is -1.89. The minimum absolute atomic E-state index is 0.164. The van der Waals surface area contributed by atoms with Crippen LogP contribution in [0.5, 0.6) is 0 Å². The Balaban J connectivity index is 2.87. The Labute approximate surface area is 127 Å². The van der Waals surface area contributed by atoms with Gasteiger partial charge in [0.1, 0.15) is 0 Å². The summed E-state index contributed by atoms with van der Waals surface area (Å²) in [5.41, 5.74) is 6.94. The summed E-state index contributed by atoms with van der Waals surface area (Å²) in [4.78, 5) is 0.299. The largest absolute Gasteiger partial charge is 0.385 e. The Morgan fingerprint density at radius 1 is 1.33 bits per heavy atom. The number of ether oxygens (including phenoxy) is 1. The first kappa shape index (κ1) is 18.1. The molecule has 0 aromatic heterocycles. The summed E-state index contributed by atoms with van der Waals surface area (Å²) in [5.74, 6) is 0. The Hall–Kier alpha value is -0.950. The van der Waals surface area contributed by atoms with Gasteiger partial charge in [-0.25, -0.2) is 13.1 Å². The fraction of sp³-hybridized carbons (Fsp3) is 0.600. The molecule has 0 aliphatic heterocycles.